The van der Waals surface area contributed by atoms with Crippen molar-refractivity contribution in [1.82, 2.24) is 4.90 Å². The van der Waals surface area contributed by atoms with Gasteiger partial charge in [-0.3, -0.25) is 0 Å². The average molecular weight is 357 g/mol. The normalized spacial score (nSPS) is 35.6. The van der Waals surface area contributed by atoms with E-state index in [2.05, 4.69) is 12.1 Å². The number of rotatable bonds is 2. The minimum absolute atomic E-state index is 0.0181. The molecule has 1 spiro atoms. The van der Waals surface area contributed by atoms with Gasteiger partial charge in [0.05, 0.1) is 13.7 Å². The van der Waals surface area contributed by atoms with Gasteiger partial charge in [0.2, 0.25) is 0 Å². The fraction of sp³-hybridized carbons (Fsp3) is 0.550. The van der Waals surface area contributed by atoms with E-state index in [1.54, 1.807) is 7.11 Å². The summed E-state index contributed by atoms with van der Waals surface area (Å²) in [6.45, 7) is 2.81. The molecule has 1 amide bonds. The predicted octanol–water partition coefficient (Wildman–Crippen LogP) is 2.03. The number of aliphatic hydroxyl groups is 1. The van der Waals surface area contributed by atoms with Gasteiger partial charge in [0.1, 0.15) is 12.2 Å². The summed E-state index contributed by atoms with van der Waals surface area (Å²) < 4.78 is 17.1. The fourth-order valence-electron chi connectivity index (χ4n) is 5.64. The lowest BCUT2D eigenvalue weighted by Gasteiger charge is -2.56. The molecule has 4 aliphatic rings. The van der Waals surface area contributed by atoms with Crippen LogP contribution in [0.3, 0.4) is 0 Å². The molecule has 0 saturated carbocycles. The van der Waals surface area contributed by atoms with Crippen LogP contribution < -0.4 is 9.47 Å². The third kappa shape index (κ3) is 1.78. The topological polar surface area (TPSA) is 68.2 Å². The molecule has 2 aliphatic heterocycles. The zero-order valence-electron chi connectivity index (χ0n) is 15.0. The van der Waals surface area contributed by atoms with Gasteiger partial charge < -0.3 is 24.2 Å². The molecule has 1 fully saturated rings. The molecule has 2 heterocycles. The Morgan fingerprint density at radius 2 is 2.27 bits per heavy atom. The standard InChI is InChI=1S/C20H23NO5/c1-3-25-19(23)21-9-8-20-12-5-6-14(22)18(20)26-17-15(24-2)7-4-11(16(17)20)10-13(12)21/h4-7,12-14,18,22H,3,8-10H2,1-2H3/t12-,13+,14+,18-,20-/m0/s1. The van der Waals surface area contributed by atoms with E-state index in [-0.39, 0.29) is 29.6 Å². The molecule has 0 aromatic heterocycles. The molecule has 5 rings (SSSR count). The van der Waals surface area contributed by atoms with Crippen LogP contribution in [0.25, 0.3) is 0 Å². The number of hydrogen-bond acceptors (Lipinski definition) is 5. The fourth-order valence-corrected chi connectivity index (χ4v) is 5.64. The molecule has 2 bridgehead atoms. The molecule has 6 nitrogen and oxygen atoms in total. The van der Waals surface area contributed by atoms with Crippen LogP contribution in [0.4, 0.5) is 4.79 Å². The highest BCUT2D eigenvalue weighted by Crippen LogP contribution is 2.62. The first kappa shape index (κ1) is 16.0. The Morgan fingerprint density at radius 1 is 1.42 bits per heavy atom. The highest BCUT2D eigenvalue weighted by Gasteiger charge is 2.65. The summed E-state index contributed by atoms with van der Waals surface area (Å²) in [7, 11) is 1.64. The minimum atomic E-state index is -0.663. The molecule has 0 unspecified atom stereocenters. The van der Waals surface area contributed by atoms with Gasteiger partial charge in [0.25, 0.3) is 0 Å². The number of nitrogens with zero attached hydrogens (tertiary/aromatic N) is 1. The number of likely N-dealkylation sites (tertiary alicyclic amines) is 1. The zero-order valence-corrected chi connectivity index (χ0v) is 15.0. The van der Waals surface area contributed by atoms with Gasteiger partial charge in [-0.15, -0.1) is 0 Å². The number of methoxy groups -OCH3 is 1. The van der Waals surface area contributed by atoms with Crippen LogP contribution in [-0.4, -0.2) is 54.6 Å². The zero-order chi connectivity index (χ0) is 18.1. The minimum Gasteiger partial charge on any atom is -0.493 e. The lowest BCUT2D eigenvalue weighted by Crippen LogP contribution is -2.66. The van der Waals surface area contributed by atoms with Gasteiger partial charge in [-0.1, -0.05) is 18.2 Å². The summed E-state index contributed by atoms with van der Waals surface area (Å²) >= 11 is 0. The van der Waals surface area contributed by atoms with Crippen LogP contribution in [0.15, 0.2) is 24.3 Å². The van der Waals surface area contributed by atoms with E-state index in [0.717, 1.165) is 18.6 Å². The van der Waals surface area contributed by atoms with Crippen molar-refractivity contribution in [3.63, 3.8) is 0 Å². The van der Waals surface area contributed by atoms with Crippen molar-refractivity contribution < 1.29 is 24.1 Å². The van der Waals surface area contributed by atoms with Crippen molar-refractivity contribution in [3.05, 3.63) is 35.4 Å². The van der Waals surface area contributed by atoms with Crippen LogP contribution in [0.2, 0.25) is 0 Å². The smallest absolute Gasteiger partial charge is 0.410 e. The molecule has 26 heavy (non-hydrogen) atoms. The first-order valence-corrected chi connectivity index (χ1v) is 9.28. The summed E-state index contributed by atoms with van der Waals surface area (Å²) in [5.41, 5.74) is 2.05. The average Bonchev–Trinajstić information content (AvgIpc) is 2.98. The van der Waals surface area contributed by atoms with Gasteiger partial charge in [0.15, 0.2) is 11.5 Å². The Kier molecular flexibility index (Phi) is 3.32. The van der Waals surface area contributed by atoms with Crippen molar-refractivity contribution in [2.45, 2.75) is 43.4 Å². The van der Waals surface area contributed by atoms with E-state index >= 15 is 0 Å². The Hall–Kier alpha value is -2.21. The van der Waals surface area contributed by atoms with Crippen molar-refractivity contribution in [2.24, 2.45) is 5.92 Å². The molecular formula is C20H23NO5. The Bertz CT molecular complexity index is 806. The van der Waals surface area contributed by atoms with Gasteiger partial charge in [0, 0.05) is 29.5 Å². The third-order valence-corrected chi connectivity index (χ3v) is 6.58. The Balaban J connectivity index is 1.69. The summed E-state index contributed by atoms with van der Waals surface area (Å²) in [5.74, 6) is 1.59. The Labute approximate surface area is 152 Å². The van der Waals surface area contributed by atoms with Crippen LogP contribution in [0.1, 0.15) is 24.5 Å². The maximum absolute atomic E-state index is 12.5. The molecule has 6 heteroatoms. The van der Waals surface area contributed by atoms with Gasteiger partial charge in [-0.25, -0.2) is 4.79 Å². The van der Waals surface area contributed by atoms with E-state index in [1.807, 2.05) is 24.0 Å². The van der Waals surface area contributed by atoms with Crippen molar-refractivity contribution >= 4 is 6.09 Å². The lowest BCUT2D eigenvalue weighted by atomic mass is 9.53. The number of aliphatic hydroxyl groups excluding tert-OH is 1. The lowest BCUT2D eigenvalue weighted by molar-refractivity contribution is -0.0484. The molecule has 138 valence electrons. The first-order valence-electron chi connectivity index (χ1n) is 9.28. The summed E-state index contributed by atoms with van der Waals surface area (Å²) in [4.78, 5) is 14.4. The summed E-state index contributed by atoms with van der Waals surface area (Å²) in [6, 6.07) is 4.02. The van der Waals surface area contributed by atoms with Gasteiger partial charge in [-0.05, 0) is 31.4 Å². The molecule has 1 saturated heterocycles. The Morgan fingerprint density at radius 3 is 3.04 bits per heavy atom. The molecule has 2 aliphatic carbocycles. The second-order valence-electron chi connectivity index (χ2n) is 7.52. The number of piperidine rings is 1. The highest BCUT2D eigenvalue weighted by molar-refractivity contribution is 5.70. The predicted molar refractivity (Wildman–Crippen MR) is 93.6 cm³/mol. The SMILES string of the molecule is CCOC(=O)N1CC[C@]23c4c5ccc(OC)c4O[C@H]2[C@H](O)C=C[C@H]3[C@H]1C5. The molecule has 1 N–H and O–H groups in total. The molecule has 1 aromatic rings. The van der Waals surface area contributed by atoms with E-state index in [0.29, 0.717) is 18.9 Å². The number of amides is 1. The quantitative estimate of drug-likeness (QED) is 0.821. The maximum Gasteiger partial charge on any atom is 0.410 e. The molecule has 5 atom stereocenters. The van der Waals surface area contributed by atoms with E-state index in [9.17, 15) is 9.90 Å². The van der Waals surface area contributed by atoms with E-state index in [4.69, 9.17) is 14.2 Å². The highest BCUT2D eigenvalue weighted by atomic mass is 16.6. The second kappa shape index (κ2) is 5.39. The maximum atomic E-state index is 12.5. The van der Waals surface area contributed by atoms with Crippen LogP contribution in [0, 0.1) is 5.92 Å². The number of carbonyl (C=O) groups is 1. The van der Waals surface area contributed by atoms with Crippen LogP contribution >= 0.6 is 0 Å². The van der Waals surface area contributed by atoms with Crippen LogP contribution in [-0.2, 0) is 16.6 Å². The monoisotopic (exact) mass is 357 g/mol. The van der Waals surface area contributed by atoms with Crippen molar-refractivity contribution in [1.29, 1.82) is 0 Å². The van der Waals surface area contributed by atoms with Gasteiger partial charge >= 0.3 is 6.09 Å². The summed E-state index contributed by atoms with van der Waals surface area (Å²) in [5, 5.41) is 10.7. The number of ether oxygens (including phenoxy) is 3. The summed E-state index contributed by atoms with van der Waals surface area (Å²) in [6.07, 6.45) is 4.15. The van der Waals surface area contributed by atoms with Gasteiger partial charge in [-0.2, -0.15) is 0 Å². The second-order valence-corrected chi connectivity index (χ2v) is 7.52. The third-order valence-electron chi connectivity index (χ3n) is 6.58. The largest absolute Gasteiger partial charge is 0.493 e. The van der Waals surface area contributed by atoms with Crippen molar-refractivity contribution in [3.8, 4) is 11.5 Å². The molecule has 1 aromatic carbocycles. The van der Waals surface area contributed by atoms with E-state index < -0.39 is 6.10 Å². The molecular weight excluding hydrogens is 334 g/mol. The van der Waals surface area contributed by atoms with Crippen molar-refractivity contribution in [2.75, 3.05) is 20.3 Å². The number of hydrogen-bond donors (Lipinski definition) is 1. The van der Waals surface area contributed by atoms with Crippen LogP contribution in [0.5, 0.6) is 11.5 Å². The van der Waals surface area contributed by atoms with E-state index in [1.165, 1.54) is 11.1 Å². The number of carbonyl (C=O) groups excluding carboxylic acids is 1. The molecule has 0 radical (unpaired) electrons. The number of benzene rings is 1. The first-order chi connectivity index (χ1) is 12.6.